The maximum absolute atomic E-state index is 13.5. The lowest BCUT2D eigenvalue weighted by Gasteiger charge is -2.22. The number of unbranched alkanes of at least 4 members (excludes halogenated alkanes) is 12. The number of nitrogens with one attached hydrogen (secondary N) is 1. The number of rotatable bonds is 18. The third-order valence-electron chi connectivity index (χ3n) is 6.23. The van der Waals surface area contributed by atoms with Gasteiger partial charge in [0.25, 0.3) is 5.91 Å². The van der Waals surface area contributed by atoms with Gasteiger partial charge in [0.1, 0.15) is 11.9 Å². The second kappa shape index (κ2) is 17.4. The minimum absolute atomic E-state index is 0.184. The molecule has 1 aromatic rings. The van der Waals surface area contributed by atoms with Crippen LogP contribution >= 0.6 is 0 Å². The van der Waals surface area contributed by atoms with Crippen LogP contribution in [0.1, 0.15) is 120 Å². The molecule has 0 aliphatic heterocycles. The summed E-state index contributed by atoms with van der Waals surface area (Å²) in [6.45, 7) is 5.70. The molecule has 1 unspecified atom stereocenters. The number of hydrogen-bond donors (Lipinski definition) is 1. The number of alkyl halides is 3. The lowest BCUT2D eigenvalue weighted by Crippen LogP contribution is -2.45. The Morgan fingerprint density at radius 2 is 1.36 bits per heavy atom. The minimum atomic E-state index is -4.83. The molecule has 0 saturated carbocycles. The van der Waals surface area contributed by atoms with Crippen LogP contribution in [0.15, 0.2) is 18.2 Å². The maximum atomic E-state index is 13.5. The van der Waals surface area contributed by atoms with Crippen molar-refractivity contribution < 1.29 is 31.9 Å². The average molecular weight is 518 g/mol. The van der Waals surface area contributed by atoms with Crippen molar-refractivity contribution in [3.63, 3.8) is 0 Å². The van der Waals surface area contributed by atoms with Crippen molar-refractivity contribution in [2.45, 2.75) is 116 Å². The van der Waals surface area contributed by atoms with Crippen LogP contribution in [0.25, 0.3) is 0 Å². The Kier molecular flexibility index (Phi) is 15.4. The van der Waals surface area contributed by atoms with E-state index in [1.165, 1.54) is 57.8 Å². The zero-order chi connectivity index (χ0) is 27.0. The smallest absolute Gasteiger partial charge is 0.417 e. The molecule has 0 aliphatic rings. The molecule has 0 aliphatic carbocycles. The van der Waals surface area contributed by atoms with E-state index >= 15 is 0 Å². The molecular formula is C28H43F4NO3. The third-order valence-corrected chi connectivity index (χ3v) is 6.23. The Morgan fingerprint density at radius 1 is 0.861 bits per heavy atom. The van der Waals surface area contributed by atoms with Crippen LogP contribution in [0, 0.1) is 11.7 Å². The number of benzene rings is 1. The fraction of sp³-hybridized carbons (Fsp3) is 0.714. The summed E-state index contributed by atoms with van der Waals surface area (Å²) < 4.78 is 58.5. The molecular weight excluding hydrogens is 474 g/mol. The molecule has 1 atom stereocenters. The number of halogens is 4. The highest BCUT2D eigenvalue weighted by atomic mass is 19.4. The number of carbonyl (C=O) groups excluding carboxylic acids is 2. The molecule has 0 spiro atoms. The zero-order valence-electron chi connectivity index (χ0n) is 22.0. The van der Waals surface area contributed by atoms with Gasteiger partial charge in [-0.05, 0) is 30.5 Å². The topological polar surface area (TPSA) is 55.4 Å². The van der Waals surface area contributed by atoms with Gasteiger partial charge in [0.2, 0.25) is 0 Å². The van der Waals surface area contributed by atoms with Crippen molar-refractivity contribution in [1.82, 2.24) is 5.32 Å². The van der Waals surface area contributed by atoms with Gasteiger partial charge in [0, 0.05) is 0 Å². The normalized spacial score (nSPS) is 12.6. The highest BCUT2D eigenvalue weighted by Crippen LogP contribution is 2.32. The summed E-state index contributed by atoms with van der Waals surface area (Å²) in [7, 11) is 0. The monoisotopic (exact) mass is 517 g/mol. The van der Waals surface area contributed by atoms with Gasteiger partial charge in [-0.25, -0.2) is 9.18 Å². The van der Waals surface area contributed by atoms with E-state index in [9.17, 15) is 27.2 Å². The first kappa shape index (κ1) is 31.9. The first-order valence-electron chi connectivity index (χ1n) is 13.4. The number of amides is 1. The Morgan fingerprint density at radius 3 is 1.83 bits per heavy atom. The van der Waals surface area contributed by atoms with Crippen LogP contribution in [0.5, 0.6) is 0 Å². The van der Waals surface area contributed by atoms with Gasteiger partial charge >= 0.3 is 12.1 Å². The van der Waals surface area contributed by atoms with E-state index in [1.807, 2.05) is 0 Å². The van der Waals surface area contributed by atoms with E-state index in [-0.39, 0.29) is 6.61 Å². The second-order valence-electron chi connectivity index (χ2n) is 9.79. The van der Waals surface area contributed by atoms with Gasteiger partial charge in [0.05, 0.1) is 17.7 Å². The van der Waals surface area contributed by atoms with Gasteiger partial charge in [0.15, 0.2) is 0 Å². The number of ether oxygens (including phenoxy) is 1. The van der Waals surface area contributed by atoms with Crippen molar-refractivity contribution in [3.8, 4) is 0 Å². The number of carbonyl (C=O) groups is 2. The molecule has 8 heteroatoms. The van der Waals surface area contributed by atoms with Crippen molar-refractivity contribution in [1.29, 1.82) is 0 Å². The summed E-state index contributed by atoms with van der Waals surface area (Å²) >= 11 is 0. The predicted molar refractivity (Wildman–Crippen MR) is 134 cm³/mol. The molecule has 0 bridgehead atoms. The molecule has 0 fully saturated rings. The fourth-order valence-electron chi connectivity index (χ4n) is 4.05. The van der Waals surface area contributed by atoms with Crippen LogP contribution in [-0.4, -0.2) is 24.5 Å². The van der Waals surface area contributed by atoms with Crippen LogP contribution in [-0.2, 0) is 15.7 Å². The minimum Gasteiger partial charge on any atom is -0.464 e. The molecule has 36 heavy (non-hydrogen) atoms. The van der Waals surface area contributed by atoms with E-state index in [0.29, 0.717) is 24.6 Å². The highest BCUT2D eigenvalue weighted by Gasteiger charge is 2.36. The summed E-state index contributed by atoms with van der Waals surface area (Å²) in [5, 5.41) is 2.29. The van der Waals surface area contributed by atoms with Crippen molar-refractivity contribution in [2.24, 2.45) is 5.92 Å². The average Bonchev–Trinajstić information content (AvgIpc) is 2.81. The Hall–Kier alpha value is -2.12. The maximum Gasteiger partial charge on any atom is 0.417 e. The molecule has 0 aromatic heterocycles. The highest BCUT2D eigenvalue weighted by molar-refractivity contribution is 5.98. The van der Waals surface area contributed by atoms with Gasteiger partial charge in [-0.15, -0.1) is 0 Å². The first-order valence-corrected chi connectivity index (χ1v) is 13.4. The van der Waals surface area contributed by atoms with Gasteiger partial charge in [-0.3, -0.25) is 4.79 Å². The second-order valence-corrected chi connectivity index (χ2v) is 9.79. The molecule has 0 heterocycles. The van der Waals surface area contributed by atoms with Crippen molar-refractivity contribution >= 4 is 11.9 Å². The van der Waals surface area contributed by atoms with Crippen LogP contribution in [0.2, 0.25) is 0 Å². The van der Waals surface area contributed by atoms with Crippen molar-refractivity contribution in [2.75, 3.05) is 6.61 Å². The summed E-state index contributed by atoms with van der Waals surface area (Å²) in [4.78, 5) is 25.0. The summed E-state index contributed by atoms with van der Waals surface area (Å²) in [6, 6.07) is 0.545. The van der Waals surface area contributed by atoms with Crippen LogP contribution < -0.4 is 5.32 Å². The lowest BCUT2D eigenvalue weighted by molar-refractivity contribution is -0.147. The van der Waals surface area contributed by atoms with E-state index in [4.69, 9.17) is 4.74 Å². The SMILES string of the molecule is CCCCCCCCCCCCCCCOC(=O)C(NC(=O)c1cc(F)ccc1C(F)(F)F)C(C)C. The van der Waals surface area contributed by atoms with Crippen LogP contribution in [0.4, 0.5) is 17.6 Å². The Labute approximate surface area is 213 Å². The number of hydrogen-bond acceptors (Lipinski definition) is 3. The van der Waals surface area contributed by atoms with E-state index in [0.717, 1.165) is 19.3 Å². The molecule has 0 radical (unpaired) electrons. The molecule has 206 valence electrons. The third kappa shape index (κ3) is 12.7. The summed E-state index contributed by atoms with van der Waals surface area (Å²) in [5.41, 5.74) is -2.12. The lowest BCUT2D eigenvalue weighted by atomic mass is 10.0. The molecule has 1 aromatic carbocycles. The summed E-state index contributed by atoms with van der Waals surface area (Å²) in [5.74, 6) is -3.27. The quantitative estimate of drug-likeness (QED) is 0.121. The standard InChI is InChI=1S/C28H43F4NO3/c1-4-5-6-7-8-9-10-11-12-13-14-15-16-19-36-27(35)25(21(2)3)33-26(34)23-20-22(29)17-18-24(23)28(30,31)32/h17-18,20-21,25H,4-16,19H2,1-3H3,(H,33,34). The Balaban J connectivity index is 2.34. The van der Waals surface area contributed by atoms with E-state index < -0.39 is 47.0 Å². The van der Waals surface area contributed by atoms with E-state index in [1.54, 1.807) is 13.8 Å². The van der Waals surface area contributed by atoms with Gasteiger partial charge < -0.3 is 10.1 Å². The molecule has 1 N–H and O–H groups in total. The van der Waals surface area contributed by atoms with Gasteiger partial charge in [-0.2, -0.15) is 13.2 Å². The van der Waals surface area contributed by atoms with Crippen LogP contribution in [0.3, 0.4) is 0 Å². The fourth-order valence-corrected chi connectivity index (χ4v) is 4.05. The Bertz CT molecular complexity index is 781. The van der Waals surface area contributed by atoms with Crippen molar-refractivity contribution in [3.05, 3.63) is 35.1 Å². The molecule has 1 rings (SSSR count). The molecule has 1 amide bonds. The first-order chi connectivity index (χ1) is 17.1. The zero-order valence-corrected chi connectivity index (χ0v) is 22.0. The van der Waals surface area contributed by atoms with Gasteiger partial charge in [-0.1, -0.05) is 97.8 Å². The number of esters is 1. The largest absolute Gasteiger partial charge is 0.464 e. The predicted octanol–water partition coefficient (Wildman–Crippen LogP) is 8.23. The molecule has 4 nitrogen and oxygen atoms in total. The summed E-state index contributed by atoms with van der Waals surface area (Å²) in [6.07, 6.45) is 10.6. The van der Waals surface area contributed by atoms with E-state index in [2.05, 4.69) is 12.2 Å². The molecule has 0 saturated heterocycles.